The van der Waals surface area contributed by atoms with E-state index in [2.05, 4.69) is 20.5 Å². The fraction of sp³-hybridized carbons (Fsp3) is 0.154. The van der Waals surface area contributed by atoms with E-state index in [1.807, 2.05) is 42.1 Å². The Morgan fingerprint density at radius 1 is 1.05 bits per heavy atom. The maximum absolute atomic E-state index is 4.27. The fourth-order valence-electron chi connectivity index (χ4n) is 1.81. The van der Waals surface area contributed by atoms with Gasteiger partial charge < -0.3 is 9.88 Å². The monoisotopic (exact) mass is 254 g/mol. The Kier molecular flexibility index (Phi) is 2.97. The number of nitrogens with zero attached hydrogens (tertiary/aromatic N) is 5. The fourth-order valence-corrected chi connectivity index (χ4v) is 1.81. The number of aromatic nitrogens is 5. The largest absolute Gasteiger partial charge is 0.378 e. The van der Waals surface area contributed by atoms with Gasteiger partial charge >= 0.3 is 0 Å². The summed E-state index contributed by atoms with van der Waals surface area (Å²) in [6.45, 7) is 0.697. The summed E-state index contributed by atoms with van der Waals surface area (Å²) >= 11 is 0. The van der Waals surface area contributed by atoms with Crippen LogP contribution < -0.4 is 5.32 Å². The molecule has 0 atom stereocenters. The first-order chi connectivity index (χ1) is 9.33. The van der Waals surface area contributed by atoms with Crippen molar-refractivity contribution in [2.75, 3.05) is 5.32 Å². The van der Waals surface area contributed by atoms with Crippen molar-refractivity contribution in [1.82, 2.24) is 24.5 Å². The van der Waals surface area contributed by atoms with Crippen molar-refractivity contribution in [2.24, 2.45) is 7.05 Å². The zero-order chi connectivity index (χ0) is 13.1. The molecule has 3 rings (SSSR count). The van der Waals surface area contributed by atoms with Crippen molar-refractivity contribution < 1.29 is 0 Å². The minimum Gasteiger partial charge on any atom is -0.378 e. The van der Waals surface area contributed by atoms with E-state index in [1.54, 1.807) is 23.4 Å². The Morgan fingerprint density at radius 2 is 1.79 bits per heavy atom. The van der Waals surface area contributed by atoms with Crippen LogP contribution in [0.5, 0.6) is 0 Å². The maximum Gasteiger partial charge on any atom is 0.127 e. The van der Waals surface area contributed by atoms with Gasteiger partial charge in [0.15, 0.2) is 0 Å². The van der Waals surface area contributed by atoms with Gasteiger partial charge in [-0.05, 0) is 24.3 Å². The molecule has 3 aromatic rings. The third-order valence-electron chi connectivity index (χ3n) is 2.89. The summed E-state index contributed by atoms with van der Waals surface area (Å²) in [7, 11) is 1.98. The van der Waals surface area contributed by atoms with E-state index < -0.39 is 0 Å². The summed E-state index contributed by atoms with van der Waals surface area (Å²) in [5, 5.41) is 11.5. The molecule has 0 radical (unpaired) electrons. The number of imidazole rings is 1. The Morgan fingerprint density at radius 3 is 2.42 bits per heavy atom. The first kappa shape index (κ1) is 11.5. The average molecular weight is 254 g/mol. The van der Waals surface area contributed by atoms with Crippen molar-refractivity contribution in [3.05, 3.63) is 54.9 Å². The second kappa shape index (κ2) is 4.93. The van der Waals surface area contributed by atoms with Crippen molar-refractivity contribution in [1.29, 1.82) is 0 Å². The molecule has 0 fully saturated rings. The van der Waals surface area contributed by atoms with E-state index in [4.69, 9.17) is 0 Å². The molecule has 0 saturated heterocycles. The lowest BCUT2D eigenvalue weighted by Crippen LogP contribution is -2.05. The predicted octanol–water partition coefficient (Wildman–Crippen LogP) is 1.61. The van der Waals surface area contributed by atoms with Crippen molar-refractivity contribution >= 4 is 5.69 Å². The number of rotatable bonds is 4. The van der Waals surface area contributed by atoms with E-state index in [1.165, 1.54) is 0 Å². The standard InChI is InChI=1S/C13H14N6/c1-18-9-8-14-13(18)10-15-11-2-4-12(5-3-11)19-16-6-7-17-19/h2-9,15H,10H2,1H3. The van der Waals surface area contributed by atoms with E-state index in [0.717, 1.165) is 17.2 Å². The predicted molar refractivity (Wildman–Crippen MR) is 71.9 cm³/mol. The number of hydrogen-bond acceptors (Lipinski definition) is 4. The van der Waals surface area contributed by atoms with Gasteiger partial charge in [0.25, 0.3) is 0 Å². The van der Waals surface area contributed by atoms with Crippen molar-refractivity contribution in [2.45, 2.75) is 6.54 Å². The Labute approximate surface area is 110 Å². The quantitative estimate of drug-likeness (QED) is 0.768. The lowest BCUT2D eigenvalue weighted by molar-refractivity contribution is 0.752. The molecule has 2 aromatic heterocycles. The number of anilines is 1. The molecule has 6 heteroatoms. The van der Waals surface area contributed by atoms with Gasteiger partial charge in [0.2, 0.25) is 0 Å². The van der Waals surface area contributed by atoms with Crippen LogP contribution in [0.25, 0.3) is 5.69 Å². The molecule has 0 aliphatic heterocycles. The van der Waals surface area contributed by atoms with Gasteiger partial charge in [0, 0.05) is 25.1 Å². The summed E-state index contributed by atoms with van der Waals surface area (Å²) < 4.78 is 2.00. The van der Waals surface area contributed by atoms with Gasteiger partial charge in [0.1, 0.15) is 5.82 Å². The molecule has 6 nitrogen and oxygen atoms in total. The minimum atomic E-state index is 0.697. The first-order valence-corrected chi connectivity index (χ1v) is 6.00. The second-order valence-corrected chi connectivity index (χ2v) is 4.17. The molecule has 96 valence electrons. The summed E-state index contributed by atoms with van der Waals surface area (Å²) in [5.41, 5.74) is 1.98. The SMILES string of the molecule is Cn1ccnc1CNc1ccc(-n2nccn2)cc1. The lowest BCUT2D eigenvalue weighted by atomic mass is 10.3. The third-order valence-corrected chi connectivity index (χ3v) is 2.89. The van der Waals surface area contributed by atoms with Gasteiger partial charge in [0.05, 0.1) is 24.6 Å². The molecule has 0 amide bonds. The van der Waals surface area contributed by atoms with Gasteiger partial charge in [-0.15, -0.1) is 0 Å². The van der Waals surface area contributed by atoms with Gasteiger partial charge in [-0.1, -0.05) is 0 Å². The highest BCUT2D eigenvalue weighted by atomic mass is 15.5. The van der Waals surface area contributed by atoms with Crippen molar-refractivity contribution in [3.8, 4) is 5.69 Å². The first-order valence-electron chi connectivity index (χ1n) is 6.00. The molecular formula is C13H14N6. The van der Waals surface area contributed by atoms with Crippen LogP contribution in [0.15, 0.2) is 49.1 Å². The zero-order valence-electron chi connectivity index (χ0n) is 10.6. The number of hydrogen-bond donors (Lipinski definition) is 1. The maximum atomic E-state index is 4.27. The molecule has 1 N–H and O–H groups in total. The molecule has 0 spiro atoms. The van der Waals surface area contributed by atoms with Crippen LogP contribution in [0.4, 0.5) is 5.69 Å². The number of benzene rings is 1. The Bertz CT molecular complexity index is 638. The summed E-state index contributed by atoms with van der Waals surface area (Å²) in [6, 6.07) is 7.95. The molecule has 2 heterocycles. The van der Waals surface area contributed by atoms with Crippen LogP contribution in [0, 0.1) is 0 Å². The van der Waals surface area contributed by atoms with Crippen LogP contribution in [0.3, 0.4) is 0 Å². The highest BCUT2D eigenvalue weighted by molar-refractivity contribution is 5.48. The number of nitrogens with one attached hydrogen (secondary N) is 1. The molecular weight excluding hydrogens is 240 g/mol. The van der Waals surface area contributed by atoms with Crippen LogP contribution in [-0.2, 0) is 13.6 Å². The molecule has 0 saturated carbocycles. The van der Waals surface area contributed by atoms with Gasteiger partial charge in [-0.2, -0.15) is 15.0 Å². The summed E-state index contributed by atoms with van der Waals surface area (Å²) in [6.07, 6.45) is 7.05. The summed E-state index contributed by atoms with van der Waals surface area (Å²) in [4.78, 5) is 5.85. The lowest BCUT2D eigenvalue weighted by Gasteiger charge is -2.07. The molecule has 0 aliphatic rings. The van der Waals surface area contributed by atoms with E-state index in [0.29, 0.717) is 6.54 Å². The topological polar surface area (TPSA) is 60.6 Å². The summed E-state index contributed by atoms with van der Waals surface area (Å²) in [5.74, 6) is 0.998. The zero-order valence-corrected chi connectivity index (χ0v) is 10.6. The minimum absolute atomic E-state index is 0.697. The highest BCUT2D eigenvalue weighted by Gasteiger charge is 2.00. The normalized spacial score (nSPS) is 10.6. The molecule has 19 heavy (non-hydrogen) atoms. The second-order valence-electron chi connectivity index (χ2n) is 4.17. The van der Waals surface area contributed by atoms with Gasteiger partial charge in [-0.25, -0.2) is 4.98 Å². The average Bonchev–Trinajstić information content (AvgIpc) is 3.09. The smallest absolute Gasteiger partial charge is 0.127 e. The van der Waals surface area contributed by atoms with Crippen LogP contribution >= 0.6 is 0 Å². The Balaban J connectivity index is 1.68. The van der Waals surface area contributed by atoms with Crippen LogP contribution in [0.2, 0.25) is 0 Å². The van der Waals surface area contributed by atoms with E-state index in [-0.39, 0.29) is 0 Å². The number of aryl methyl sites for hydroxylation is 1. The van der Waals surface area contributed by atoms with Crippen molar-refractivity contribution in [3.63, 3.8) is 0 Å². The molecule has 0 unspecified atom stereocenters. The Hall–Kier alpha value is -2.63. The molecule has 1 aromatic carbocycles. The van der Waals surface area contributed by atoms with E-state index in [9.17, 15) is 0 Å². The molecule has 0 aliphatic carbocycles. The van der Waals surface area contributed by atoms with Gasteiger partial charge in [-0.3, -0.25) is 0 Å². The highest BCUT2D eigenvalue weighted by Crippen LogP contribution is 2.12. The van der Waals surface area contributed by atoms with Crippen LogP contribution in [0.1, 0.15) is 5.82 Å². The van der Waals surface area contributed by atoms with E-state index >= 15 is 0 Å². The van der Waals surface area contributed by atoms with Crippen LogP contribution in [-0.4, -0.2) is 24.5 Å². The third kappa shape index (κ3) is 2.47. The molecule has 0 bridgehead atoms.